The topological polar surface area (TPSA) is 6.48 Å². The number of nitrogens with zero attached hydrogens (tertiary/aromatic N) is 2. The third-order valence-corrected chi connectivity index (χ3v) is 3.10. The lowest BCUT2D eigenvalue weighted by atomic mass is 9.99. The van der Waals surface area contributed by atoms with Crippen LogP contribution in [0.25, 0.3) is 0 Å². The number of hydrogen-bond acceptors (Lipinski definition) is 2. The molecule has 1 atom stereocenters. The smallest absolute Gasteiger partial charge is 0.309 e. The molecule has 5 heteroatoms. The van der Waals surface area contributed by atoms with E-state index in [9.17, 15) is 13.2 Å². The summed E-state index contributed by atoms with van der Waals surface area (Å²) < 4.78 is 38.0. The van der Waals surface area contributed by atoms with Gasteiger partial charge in [-0.25, -0.2) is 0 Å². The van der Waals surface area contributed by atoms with Gasteiger partial charge in [0.25, 0.3) is 0 Å². The molecule has 0 N–H and O–H groups in total. The number of hydrazine groups is 1. The van der Waals surface area contributed by atoms with Crippen molar-refractivity contribution in [3.63, 3.8) is 0 Å². The van der Waals surface area contributed by atoms with Crippen molar-refractivity contribution in [2.75, 3.05) is 7.05 Å². The summed E-state index contributed by atoms with van der Waals surface area (Å²) in [5.74, 6) is 0. The molecule has 0 aromatic rings. The van der Waals surface area contributed by atoms with Crippen molar-refractivity contribution in [2.45, 2.75) is 32.1 Å². The van der Waals surface area contributed by atoms with E-state index >= 15 is 0 Å². The standard InChI is InChI=1S/C9H13F3N2/c1-8(4-5-8)7-3-6-13(2)14(7)9(10,11)12/h3,6-7H,4-5H2,1-2H3. The molecule has 0 spiro atoms. The van der Waals surface area contributed by atoms with Crippen molar-refractivity contribution in [3.05, 3.63) is 12.3 Å². The van der Waals surface area contributed by atoms with E-state index in [0.29, 0.717) is 5.01 Å². The summed E-state index contributed by atoms with van der Waals surface area (Å²) in [6.07, 6.45) is 0.599. The maximum atomic E-state index is 12.7. The minimum Gasteiger partial charge on any atom is -0.309 e. The molecule has 0 radical (unpaired) electrons. The summed E-state index contributed by atoms with van der Waals surface area (Å²) in [5.41, 5.74) is -0.184. The SMILES string of the molecule is CN1C=CC(C2(C)CC2)N1C(F)(F)F. The summed E-state index contributed by atoms with van der Waals surface area (Å²) in [7, 11) is 1.43. The van der Waals surface area contributed by atoms with Crippen LogP contribution in [-0.4, -0.2) is 29.4 Å². The Labute approximate surface area is 80.9 Å². The van der Waals surface area contributed by atoms with E-state index in [1.54, 1.807) is 6.08 Å². The molecular formula is C9H13F3N2. The quantitative estimate of drug-likeness (QED) is 0.607. The molecule has 80 valence electrons. The monoisotopic (exact) mass is 206 g/mol. The van der Waals surface area contributed by atoms with Crippen LogP contribution in [0.2, 0.25) is 0 Å². The molecule has 0 aromatic carbocycles. The van der Waals surface area contributed by atoms with Crippen molar-refractivity contribution in [1.82, 2.24) is 10.0 Å². The lowest BCUT2D eigenvalue weighted by Crippen LogP contribution is -2.51. The van der Waals surface area contributed by atoms with E-state index in [1.165, 1.54) is 13.2 Å². The van der Waals surface area contributed by atoms with Crippen molar-refractivity contribution in [1.29, 1.82) is 0 Å². The molecule has 1 heterocycles. The second-order valence-electron chi connectivity index (χ2n) is 4.33. The highest BCUT2D eigenvalue weighted by Crippen LogP contribution is 2.53. The Hall–Kier alpha value is -0.710. The highest BCUT2D eigenvalue weighted by molar-refractivity contribution is 5.12. The van der Waals surface area contributed by atoms with Gasteiger partial charge in [-0.1, -0.05) is 6.92 Å². The Morgan fingerprint density at radius 2 is 1.93 bits per heavy atom. The average Bonchev–Trinajstić information content (AvgIpc) is 2.60. The Bertz CT molecular complexity index is 268. The highest BCUT2D eigenvalue weighted by atomic mass is 19.4. The molecule has 1 unspecified atom stereocenters. The number of hydrogen-bond donors (Lipinski definition) is 0. The van der Waals surface area contributed by atoms with Crippen molar-refractivity contribution in [2.24, 2.45) is 5.41 Å². The predicted octanol–water partition coefficient (Wildman–Crippen LogP) is 2.35. The third-order valence-electron chi connectivity index (χ3n) is 3.10. The van der Waals surface area contributed by atoms with Crippen LogP contribution in [-0.2, 0) is 0 Å². The Morgan fingerprint density at radius 1 is 1.36 bits per heavy atom. The first-order valence-electron chi connectivity index (χ1n) is 4.62. The summed E-state index contributed by atoms with van der Waals surface area (Å²) in [6.45, 7) is 1.90. The highest BCUT2D eigenvalue weighted by Gasteiger charge is 2.56. The van der Waals surface area contributed by atoms with Gasteiger partial charge in [-0.15, -0.1) is 5.01 Å². The van der Waals surface area contributed by atoms with Crippen LogP contribution < -0.4 is 0 Å². The molecule has 1 saturated carbocycles. The fraction of sp³-hybridized carbons (Fsp3) is 0.778. The van der Waals surface area contributed by atoms with Gasteiger partial charge in [0.15, 0.2) is 0 Å². The number of halogens is 3. The van der Waals surface area contributed by atoms with Gasteiger partial charge in [-0.3, -0.25) is 0 Å². The van der Waals surface area contributed by atoms with Gasteiger partial charge in [0.1, 0.15) is 0 Å². The Balaban J connectivity index is 2.21. The first-order valence-corrected chi connectivity index (χ1v) is 4.62. The van der Waals surface area contributed by atoms with E-state index in [1.807, 2.05) is 6.92 Å². The Kier molecular flexibility index (Phi) is 1.86. The van der Waals surface area contributed by atoms with Gasteiger partial charge in [0.2, 0.25) is 0 Å². The van der Waals surface area contributed by atoms with Gasteiger partial charge >= 0.3 is 6.30 Å². The van der Waals surface area contributed by atoms with Crippen LogP contribution in [0, 0.1) is 5.41 Å². The molecule has 0 saturated heterocycles. The molecule has 14 heavy (non-hydrogen) atoms. The first-order chi connectivity index (χ1) is 6.34. The molecule has 1 aliphatic carbocycles. The Morgan fingerprint density at radius 3 is 2.36 bits per heavy atom. The lowest BCUT2D eigenvalue weighted by Gasteiger charge is -2.35. The van der Waals surface area contributed by atoms with E-state index in [-0.39, 0.29) is 5.41 Å². The largest absolute Gasteiger partial charge is 0.478 e. The minimum atomic E-state index is -4.28. The van der Waals surface area contributed by atoms with Gasteiger partial charge in [0.05, 0.1) is 6.04 Å². The van der Waals surface area contributed by atoms with Gasteiger partial charge < -0.3 is 5.01 Å². The third kappa shape index (κ3) is 1.39. The first kappa shape index (κ1) is 9.83. The number of alkyl halides is 3. The zero-order chi connectivity index (χ0) is 10.6. The molecule has 2 aliphatic rings. The summed E-state index contributed by atoms with van der Waals surface area (Å²) >= 11 is 0. The molecule has 1 aliphatic heterocycles. The van der Waals surface area contributed by atoms with Crippen LogP contribution >= 0.6 is 0 Å². The van der Waals surface area contributed by atoms with Gasteiger partial charge in [-0.05, 0) is 24.3 Å². The van der Waals surface area contributed by atoms with Crippen LogP contribution in [0.5, 0.6) is 0 Å². The van der Waals surface area contributed by atoms with Gasteiger partial charge in [0, 0.05) is 13.2 Å². The van der Waals surface area contributed by atoms with E-state index < -0.39 is 12.3 Å². The second kappa shape index (κ2) is 2.66. The molecule has 0 aromatic heterocycles. The zero-order valence-electron chi connectivity index (χ0n) is 8.17. The molecular weight excluding hydrogens is 193 g/mol. The summed E-state index contributed by atoms with van der Waals surface area (Å²) in [6, 6.07) is -0.521. The predicted molar refractivity (Wildman–Crippen MR) is 45.9 cm³/mol. The molecule has 0 amide bonds. The van der Waals surface area contributed by atoms with Crippen LogP contribution in [0.3, 0.4) is 0 Å². The van der Waals surface area contributed by atoms with E-state index in [0.717, 1.165) is 17.9 Å². The maximum absolute atomic E-state index is 12.7. The van der Waals surface area contributed by atoms with Crippen LogP contribution in [0.15, 0.2) is 12.3 Å². The summed E-state index contributed by atoms with van der Waals surface area (Å²) in [4.78, 5) is 0. The fourth-order valence-corrected chi connectivity index (χ4v) is 1.91. The molecule has 2 nitrogen and oxygen atoms in total. The lowest BCUT2D eigenvalue weighted by molar-refractivity contribution is -0.307. The minimum absolute atomic E-state index is 0.184. The van der Waals surface area contributed by atoms with Crippen LogP contribution in [0.4, 0.5) is 13.2 Å². The van der Waals surface area contributed by atoms with Crippen molar-refractivity contribution >= 4 is 0 Å². The average molecular weight is 206 g/mol. The fourth-order valence-electron chi connectivity index (χ4n) is 1.91. The summed E-state index contributed by atoms with van der Waals surface area (Å²) in [5, 5.41) is 1.62. The zero-order valence-corrected chi connectivity index (χ0v) is 8.17. The molecule has 1 fully saturated rings. The van der Waals surface area contributed by atoms with Crippen molar-refractivity contribution < 1.29 is 13.2 Å². The van der Waals surface area contributed by atoms with E-state index in [2.05, 4.69) is 0 Å². The molecule has 0 bridgehead atoms. The normalized spacial score (nSPS) is 31.2. The van der Waals surface area contributed by atoms with Crippen molar-refractivity contribution in [3.8, 4) is 0 Å². The number of rotatable bonds is 1. The molecule has 2 rings (SSSR count). The van der Waals surface area contributed by atoms with E-state index in [4.69, 9.17) is 0 Å². The second-order valence-corrected chi connectivity index (χ2v) is 4.33. The maximum Gasteiger partial charge on any atom is 0.478 e. The van der Waals surface area contributed by atoms with Gasteiger partial charge in [-0.2, -0.15) is 13.2 Å². The van der Waals surface area contributed by atoms with Crippen LogP contribution in [0.1, 0.15) is 19.8 Å².